The van der Waals surface area contributed by atoms with Crippen molar-refractivity contribution in [3.05, 3.63) is 77.4 Å². The van der Waals surface area contributed by atoms with Gasteiger partial charge in [-0.05, 0) is 71.0 Å². The zero-order valence-corrected chi connectivity index (χ0v) is 17.4. The van der Waals surface area contributed by atoms with Gasteiger partial charge in [-0.25, -0.2) is 0 Å². The van der Waals surface area contributed by atoms with Crippen molar-refractivity contribution in [2.24, 2.45) is 0 Å². The summed E-state index contributed by atoms with van der Waals surface area (Å²) < 4.78 is 2.02. The largest absolute Gasteiger partial charge is 0.347 e. The van der Waals surface area contributed by atoms with E-state index in [-0.39, 0.29) is 17.4 Å². The van der Waals surface area contributed by atoms with Gasteiger partial charge < -0.3 is 15.2 Å². The van der Waals surface area contributed by atoms with E-state index in [0.29, 0.717) is 16.8 Å². The maximum absolute atomic E-state index is 12.9. The summed E-state index contributed by atoms with van der Waals surface area (Å²) in [5.41, 5.74) is 4.08. The average molecular weight is 390 g/mol. The highest BCUT2D eigenvalue weighted by Crippen LogP contribution is 2.22. The average Bonchev–Trinajstić information content (AvgIpc) is 2.95. The number of aryl methyl sites for hydroxylation is 1. The van der Waals surface area contributed by atoms with Gasteiger partial charge in [-0.2, -0.15) is 0 Å². The van der Waals surface area contributed by atoms with Crippen LogP contribution < -0.4 is 10.6 Å². The number of hydrogen-bond donors (Lipinski definition) is 2. The van der Waals surface area contributed by atoms with Gasteiger partial charge in [0.1, 0.15) is 0 Å². The van der Waals surface area contributed by atoms with Gasteiger partial charge in [0.15, 0.2) is 0 Å². The van der Waals surface area contributed by atoms with Crippen LogP contribution in [0.5, 0.6) is 0 Å². The number of pyridine rings is 1. The van der Waals surface area contributed by atoms with Crippen LogP contribution in [0.4, 0.5) is 5.69 Å². The highest BCUT2D eigenvalue weighted by molar-refractivity contribution is 6.06. The lowest BCUT2D eigenvalue weighted by Crippen LogP contribution is -2.40. The molecule has 0 atom stereocenters. The molecule has 3 aromatic rings. The van der Waals surface area contributed by atoms with E-state index in [4.69, 9.17) is 0 Å². The topological polar surface area (TPSA) is 76.0 Å². The first-order chi connectivity index (χ1) is 13.7. The van der Waals surface area contributed by atoms with E-state index in [9.17, 15) is 9.59 Å². The molecule has 2 aromatic heterocycles. The zero-order valence-electron chi connectivity index (χ0n) is 17.4. The van der Waals surface area contributed by atoms with Crippen LogP contribution in [0.1, 0.15) is 52.9 Å². The molecule has 0 aliphatic rings. The van der Waals surface area contributed by atoms with E-state index in [1.807, 2.05) is 57.4 Å². The summed E-state index contributed by atoms with van der Waals surface area (Å²) in [4.78, 5) is 29.3. The van der Waals surface area contributed by atoms with Gasteiger partial charge >= 0.3 is 0 Å². The van der Waals surface area contributed by atoms with Crippen molar-refractivity contribution in [1.29, 1.82) is 0 Å². The van der Waals surface area contributed by atoms with E-state index in [1.54, 1.807) is 36.7 Å². The van der Waals surface area contributed by atoms with E-state index >= 15 is 0 Å². The summed E-state index contributed by atoms with van der Waals surface area (Å²) in [5, 5.41) is 5.83. The van der Waals surface area contributed by atoms with Crippen LogP contribution in [0.2, 0.25) is 0 Å². The molecule has 0 aliphatic carbocycles. The fourth-order valence-electron chi connectivity index (χ4n) is 3.23. The first-order valence-electron chi connectivity index (χ1n) is 9.49. The zero-order chi connectivity index (χ0) is 21.2. The van der Waals surface area contributed by atoms with Crippen LogP contribution in [0.25, 0.3) is 5.69 Å². The van der Waals surface area contributed by atoms with E-state index in [0.717, 1.165) is 17.1 Å². The molecule has 0 aliphatic heterocycles. The molecule has 1 aromatic carbocycles. The second kappa shape index (κ2) is 7.91. The van der Waals surface area contributed by atoms with E-state index in [1.165, 1.54) is 0 Å². The van der Waals surface area contributed by atoms with Gasteiger partial charge in [-0.3, -0.25) is 14.6 Å². The third-order valence-corrected chi connectivity index (χ3v) is 4.47. The van der Waals surface area contributed by atoms with Crippen LogP contribution in [0.3, 0.4) is 0 Å². The lowest BCUT2D eigenvalue weighted by molar-refractivity contribution is 0.0918. The minimum atomic E-state index is -0.332. The van der Waals surface area contributed by atoms with Crippen LogP contribution in [-0.4, -0.2) is 26.9 Å². The monoisotopic (exact) mass is 390 g/mol. The fraction of sp³-hybridized carbons (Fsp3) is 0.261. The van der Waals surface area contributed by atoms with Crippen molar-refractivity contribution in [1.82, 2.24) is 14.9 Å². The Morgan fingerprint density at radius 1 is 0.966 bits per heavy atom. The van der Waals surface area contributed by atoms with Gasteiger partial charge in [0, 0.05) is 46.3 Å². The van der Waals surface area contributed by atoms with Gasteiger partial charge in [-0.1, -0.05) is 6.07 Å². The third kappa shape index (κ3) is 4.71. The SMILES string of the molecule is Cc1cc(C(=O)Nc2cccc(C(=O)NC(C)(C)C)c2)c(C)n1-c1ccncc1. The molecule has 2 amide bonds. The molecule has 29 heavy (non-hydrogen) atoms. The first kappa shape index (κ1) is 20.3. The summed E-state index contributed by atoms with van der Waals surface area (Å²) in [6.45, 7) is 9.65. The fourth-order valence-corrected chi connectivity index (χ4v) is 3.23. The summed E-state index contributed by atoms with van der Waals surface area (Å²) >= 11 is 0. The molecular weight excluding hydrogens is 364 g/mol. The molecule has 0 fully saturated rings. The Bertz CT molecular complexity index is 1050. The second-order valence-electron chi connectivity index (χ2n) is 8.06. The molecule has 0 spiro atoms. The predicted molar refractivity (Wildman–Crippen MR) is 115 cm³/mol. The van der Waals surface area contributed by atoms with Crippen LogP contribution >= 0.6 is 0 Å². The highest BCUT2D eigenvalue weighted by atomic mass is 16.2. The minimum Gasteiger partial charge on any atom is -0.347 e. The summed E-state index contributed by atoms with van der Waals surface area (Å²) in [6, 6.07) is 12.6. The van der Waals surface area contributed by atoms with Crippen molar-refractivity contribution in [3.63, 3.8) is 0 Å². The van der Waals surface area contributed by atoms with E-state index < -0.39 is 0 Å². The third-order valence-electron chi connectivity index (χ3n) is 4.47. The molecule has 0 radical (unpaired) electrons. The Kier molecular flexibility index (Phi) is 5.55. The number of aromatic nitrogens is 2. The Morgan fingerprint density at radius 2 is 1.66 bits per heavy atom. The lowest BCUT2D eigenvalue weighted by atomic mass is 10.1. The Morgan fingerprint density at radius 3 is 2.31 bits per heavy atom. The quantitative estimate of drug-likeness (QED) is 0.698. The molecule has 0 unspecified atom stereocenters. The molecule has 3 rings (SSSR count). The van der Waals surface area contributed by atoms with Gasteiger partial charge in [0.2, 0.25) is 0 Å². The number of rotatable bonds is 4. The van der Waals surface area contributed by atoms with Crippen molar-refractivity contribution < 1.29 is 9.59 Å². The number of anilines is 1. The number of nitrogens with zero attached hydrogens (tertiary/aromatic N) is 2. The standard InChI is InChI=1S/C23H26N4O2/c1-15-13-20(16(2)27(15)19-9-11-24-12-10-19)22(29)25-18-8-6-7-17(14-18)21(28)26-23(3,4)5/h6-14H,1-5H3,(H,25,29)(H,26,28). The van der Waals surface area contributed by atoms with Crippen LogP contribution in [-0.2, 0) is 0 Å². The molecular formula is C23H26N4O2. The Labute approximate surface area is 171 Å². The molecule has 2 heterocycles. The van der Waals surface area contributed by atoms with Crippen molar-refractivity contribution >= 4 is 17.5 Å². The Hall–Kier alpha value is -3.41. The highest BCUT2D eigenvalue weighted by Gasteiger charge is 2.18. The predicted octanol–water partition coefficient (Wildman–Crippen LogP) is 4.27. The van der Waals surface area contributed by atoms with Crippen molar-refractivity contribution in [2.75, 3.05) is 5.32 Å². The molecule has 150 valence electrons. The maximum Gasteiger partial charge on any atom is 0.257 e. The van der Waals surface area contributed by atoms with E-state index in [2.05, 4.69) is 15.6 Å². The molecule has 0 bridgehead atoms. The Balaban J connectivity index is 1.83. The second-order valence-corrected chi connectivity index (χ2v) is 8.06. The number of carbonyl (C=O) groups excluding carboxylic acids is 2. The van der Waals surface area contributed by atoms with Crippen LogP contribution in [0, 0.1) is 13.8 Å². The maximum atomic E-state index is 12.9. The summed E-state index contributed by atoms with van der Waals surface area (Å²) in [5.74, 6) is -0.392. The number of amides is 2. The van der Waals surface area contributed by atoms with Crippen molar-refractivity contribution in [3.8, 4) is 5.69 Å². The molecule has 0 saturated heterocycles. The number of benzene rings is 1. The minimum absolute atomic E-state index is 0.176. The molecule has 6 heteroatoms. The molecule has 2 N–H and O–H groups in total. The van der Waals surface area contributed by atoms with Gasteiger partial charge in [0.05, 0.1) is 5.56 Å². The number of hydrogen-bond acceptors (Lipinski definition) is 3. The smallest absolute Gasteiger partial charge is 0.257 e. The lowest BCUT2D eigenvalue weighted by Gasteiger charge is -2.20. The van der Waals surface area contributed by atoms with Crippen LogP contribution in [0.15, 0.2) is 54.9 Å². The number of carbonyl (C=O) groups is 2. The van der Waals surface area contributed by atoms with Gasteiger partial charge in [-0.15, -0.1) is 0 Å². The summed E-state index contributed by atoms with van der Waals surface area (Å²) in [6.07, 6.45) is 3.45. The molecule has 0 saturated carbocycles. The number of nitrogens with one attached hydrogen (secondary N) is 2. The van der Waals surface area contributed by atoms with Gasteiger partial charge in [0.25, 0.3) is 11.8 Å². The first-order valence-corrected chi connectivity index (χ1v) is 9.49. The normalized spacial score (nSPS) is 11.2. The van der Waals surface area contributed by atoms with Crippen molar-refractivity contribution in [2.45, 2.75) is 40.2 Å². The summed E-state index contributed by atoms with van der Waals surface area (Å²) in [7, 11) is 0. The molecule has 6 nitrogen and oxygen atoms in total.